The molecule has 2 heterocycles. The lowest BCUT2D eigenvalue weighted by atomic mass is 9.97. The van der Waals surface area contributed by atoms with E-state index in [4.69, 9.17) is 9.47 Å². The van der Waals surface area contributed by atoms with Gasteiger partial charge in [0, 0.05) is 17.8 Å². The van der Waals surface area contributed by atoms with Gasteiger partial charge in [-0.05, 0) is 24.6 Å². The molecule has 0 aliphatic carbocycles. The fraction of sp³-hybridized carbons (Fsp3) is 0.533. The van der Waals surface area contributed by atoms with Crippen molar-refractivity contribution in [2.45, 2.75) is 13.2 Å². The number of benzene rings is 1. The first-order chi connectivity index (χ1) is 9.74. The Morgan fingerprint density at radius 3 is 2.80 bits per heavy atom. The highest BCUT2D eigenvalue weighted by molar-refractivity contribution is 5.93. The highest BCUT2D eigenvalue weighted by Gasteiger charge is 2.29. The standard InChI is InChI=1S/C15H20N2O3/c1-10-8-16-9-13(10)14(18)17-12-4-2-3-11(7-12)15-19-5-6-20-15/h2-4,7,10,13,15-16H,5-6,8-9H2,1H3,(H,17,18)/t10-,13-/m1/s1. The lowest BCUT2D eigenvalue weighted by Crippen LogP contribution is -2.27. The molecule has 5 heteroatoms. The van der Waals surface area contributed by atoms with Crippen molar-refractivity contribution in [2.24, 2.45) is 11.8 Å². The molecule has 0 unspecified atom stereocenters. The van der Waals surface area contributed by atoms with E-state index in [-0.39, 0.29) is 18.1 Å². The summed E-state index contributed by atoms with van der Waals surface area (Å²) >= 11 is 0. The van der Waals surface area contributed by atoms with Crippen LogP contribution in [0, 0.1) is 11.8 Å². The van der Waals surface area contributed by atoms with Crippen molar-refractivity contribution in [1.82, 2.24) is 5.32 Å². The van der Waals surface area contributed by atoms with Crippen LogP contribution in [0.25, 0.3) is 0 Å². The van der Waals surface area contributed by atoms with Crippen molar-refractivity contribution in [3.8, 4) is 0 Å². The zero-order chi connectivity index (χ0) is 13.9. The Morgan fingerprint density at radius 2 is 2.10 bits per heavy atom. The average molecular weight is 276 g/mol. The molecule has 0 bridgehead atoms. The molecular weight excluding hydrogens is 256 g/mol. The molecule has 2 aliphatic rings. The third-order valence-corrected chi connectivity index (χ3v) is 3.90. The number of anilines is 1. The predicted octanol–water partition coefficient (Wildman–Crippen LogP) is 1.53. The van der Waals surface area contributed by atoms with Crippen molar-refractivity contribution in [2.75, 3.05) is 31.6 Å². The van der Waals surface area contributed by atoms with E-state index in [2.05, 4.69) is 17.6 Å². The molecule has 1 aromatic rings. The van der Waals surface area contributed by atoms with Crippen molar-refractivity contribution >= 4 is 11.6 Å². The Morgan fingerprint density at radius 1 is 1.30 bits per heavy atom. The van der Waals surface area contributed by atoms with Gasteiger partial charge in [0.1, 0.15) is 0 Å². The van der Waals surface area contributed by atoms with Gasteiger partial charge in [-0.2, -0.15) is 0 Å². The van der Waals surface area contributed by atoms with Gasteiger partial charge in [0.2, 0.25) is 5.91 Å². The van der Waals surface area contributed by atoms with Crippen molar-refractivity contribution in [3.63, 3.8) is 0 Å². The smallest absolute Gasteiger partial charge is 0.229 e. The van der Waals surface area contributed by atoms with Crippen LogP contribution in [0.4, 0.5) is 5.69 Å². The van der Waals surface area contributed by atoms with Crippen LogP contribution in [-0.4, -0.2) is 32.2 Å². The first-order valence-corrected chi connectivity index (χ1v) is 7.09. The third-order valence-electron chi connectivity index (χ3n) is 3.90. The highest BCUT2D eigenvalue weighted by Crippen LogP contribution is 2.26. The van der Waals surface area contributed by atoms with E-state index >= 15 is 0 Å². The maximum atomic E-state index is 12.2. The Balaban J connectivity index is 1.67. The van der Waals surface area contributed by atoms with E-state index in [1.165, 1.54) is 0 Å². The Kier molecular flexibility index (Phi) is 4.00. The lowest BCUT2D eigenvalue weighted by Gasteiger charge is -2.15. The molecule has 1 amide bonds. The summed E-state index contributed by atoms with van der Waals surface area (Å²) in [5, 5.41) is 6.23. The van der Waals surface area contributed by atoms with Crippen LogP contribution in [0.1, 0.15) is 18.8 Å². The van der Waals surface area contributed by atoms with Gasteiger partial charge in [-0.25, -0.2) is 0 Å². The summed E-state index contributed by atoms with van der Waals surface area (Å²) in [6, 6.07) is 7.67. The van der Waals surface area contributed by atoms with Gasteiger partial charge in [-0.15, -0.1) is 0 Å². The Bertz CT molecular complexity index is 486. The van der Waals surface area contributed by atoms with Crippen LogP contribution < -0.4 is 10.6 Å². The first kappa shape index (κ1) is 13.5. The summed E-state index contributed by atoms with van der Waals surface area (Å²) in [5.74, 6) is 0.491. The molecule has 3 rings (SSSR count). The SMILES string of the molecule is C[C@@H]1CNC[C@H]1C(=O)Nc1cccc(C2OCCO2)c1. The van der Waals surface area contributed by atoms with Crippen molar-refractivity contribution < 1.29 is 14.3 Å². The molecule has 0 aromatic heterocycles. The summed E-state index contributed by atoms with van der Waals surface area (Å²) in [6.45, 7) is 4.99. The maximum Gasteiger partial charge on any atom is 0.229 e. The number of ether oxygens (including phenoxy) is 2. The minimum atomic E-state index is -0.307. The topological polar surface area (TPSA) is 59.6 Å². The molecule has 2 fully saturated rings. The summed E-state index contributed by atoms with van der Waals surface area (Å²) in [6.07, 6.45) is -0.307. The minimum Gasteiger partial charge on any atom is -0.346 e. The second-order valence-electron chi connectivity index (χ2n) is 5.43. The summed E-state index contributed by atoms with van der Waals surface area (Å²) in [4.78, 5) is 12.2. The van der Waals surface area contributed by atoms with Crippen LogP contribution in [-0.2, 0) is 14.3 Å². The molecule has 0 saturated carbocycles. The van der Waals surface area contributed by atoms with Gasteiger partial charge in [0.25, 0.3) is 0 Å². The van der Waals surface area contributed by atoms with Crippen molar-refractivity contribution in [3.05, 3.63) is 29.8 Å². The zero-order valence-electron chi connectivity index (χ0n) is 11.6. The molecule has 2 N–H and O–H groups in total. The van der Waals surface area contributed by atoms with E-state index in [0.29, 0.717) is 19.1 Å². The van der Waals surface area contributed by atoms with Gasteiger partial charge in [-0.3, -0.25) is 4.79 Å². The lowest BCUT2D eigenvalue weighted by molar-refractivity contribution is -0.120. The largest absolute Gasteiger partial charge is 0.346 e. The number of rotatable bonds is 3. The molecule has 5 nitrogen and oxygen atoms in total. The van der Waals surface area contributed by atoms with Crippen LogP contribution in [0.3, 0.4) is 0 Å². The second kappa shape index (κ2) is 5.91. The molecule has 1 aromatic carbocycles. The maximum absolute atomic E-state index is 12.2. The van der Waals surface area contributed by atoms with Crippen LogP contribution >= 0.6 is 0 Å². The third kappa shape index (κ3) is 2.85. The highest BCUT2D eigenvalue weighted by atomic mass is 16.7. The van der Waals surface area contributed by atoms with Gasteiger partial charge in [-0.1, -0.05) is 19.1 Å². The molecule has 108 valence electrons. The summed E-state index contributed by atoms with van der Waals surface area (Å²) in [5.41, 5.74) is 1.74. The zero-order valence-corrected chi connectivity index (χ0v) is 11.6. The van der Waals surface area contributed by atoms with Gasteiger partial charge in [0.05, 0.1) is 19.1 Å². The van der Waals surface area contributed by atoms with Gasteiger partial charge >= 0.3 is 0 Å². The number of nitrogens with one attached hydrogen (secondary N) is 2. The van der Waals surface area contributed by atoms with Crippen LogP contribution in [0.5, 0.6) is 0 Å². The fourth-order valence-corrected chi connectivity index (χ4v) is 2.71. The monoisotopic (exact) mass is 276 g/mol. The molecule has 20 heavy (non-hydrogen) atoms. The molecule has 0 radical (unpaired) electrons. The molecular formula is C15H20N2O3. The molecule has 0 spiro atoms. The molecule has 2 atom stereocenters. The summed E-state index contributed by atoms with van der Waals surface area (Å²) in [7, 11) is 0. The second-order valence-corrected chi connectivity index (χ2v) is 5.43. The van der Waals surface area contributed by atoms with E-state index in [1.54, 1.807) is 0 Å². The van der Waals surface area contributed by atoms with E-state index in [1.807, 2.05) is 24.3 Å². The quantitative estimate of drug-likeness (QED) is 0.879. The predicted molar refractivity (Wildman–Crippen MR) is 75.2 cm³/mol. The van der Waals surface area contributed by atoms with Crippen LogP contribution in [0.2, 0.25) is 0 Å². The normalized spacial score (nSPS) is 26.9. The number of hydrogen-bond acceptors (Lipinski definition) is 4. The number of carbonyl (C=O) groups excluding carboxylic acids is 1. The minimum absolute atomic E-state index is 0.0395. The summed E-state index contributed by atoms with van der Waals surface area (Å²) < 4.78 is 10.9. The fourth-order valence-electron chi connectivity index (χ4n) is 2.71. The van der Waals surface area contributed by atoms with E-state index in [0.717, 1.165) is 24.3 Å². The number of hydrogen-bond donors (Lipinski definition) is 2. The van der Waals surface area contributed by atoms with Crippen LogP contribution in [0.15, 0.2) is 24.3 Å². The molecule has 2 saturated heterocycles. The average Bonchev–Trinajstić information content (AvgIpc) is 3.09. The van der Waals surface area contributed by atoms with Crippen molar-refractivity contribution in [1.29, 1.82) is 0 Å². The van der Waals surface area contributed by atoms with Gasteiger partial charge < -0.3 is 20.1 Å². The number of carbonyl (C=O) groups is 1. The Labute approximate surface area is 118 Å². The Hall–Kier alpha value is -1.43. The van der Waals surface area contributed by atoms with E-state index in [9.17, 15) is 4.79 Å². The van der Waals surface area contributed by atoms with E-state index < -0.39 is 0 Å². The number of amides is 1. The first-order valence-electron chi connectivity index (χ1n) is 7.09. The molecule has 2 aliphatic heterocycles. The van der Waals surface area contributed by atoms with Gasteiger partial charge in [0.15, 0.2) is 6.29 Å².